The molecule has 2 aromatic carbocycles. The van der Waals surface area contributed by atoms with Crippen molar-refractivity contribution in [2.45, 2.75) is 6.92 Å². The Morgan fingerprint density at radius 2 is 1.96 bits per heavy atom. The number of nitrogens with one attached hydrogen (secondary N) is 2. The molecular weight excluding hydrogens is 401 g/mol. The van der Waals surface area contributed by atoms with Crippen LogP contribution in [0.1, 0.15) is 17.3 Å². The Kier molecular flexibility index (Phi) is 6.73. The maximum atomic E-state index is 12.2. The van der Waals surface area contributed by atoms with Gasteiger partial charge in [-0.3, -0.25) is 20.2 Å². The molecule has 2 rings (SSSR count). The Morgan fingerprint density at radius 1 is 1.23 bits per heavy atom. The highest BCUT2D eigenvalue weighted by Crippen LogP contribution is 2.27. The van der Waals surface area contributed by atoms with Crippen LogP contribution in [0.25, 0.3) is 0 Å². The van der Waals surface area contributed by atoms with Gasteiger partial charge in [-0.2, -0.15) is 0 Å². The lowest BCUT2D eigenvalue weighted by molar-refractivity contribution is -0.384. The van der Waals surface area contributed by atoms with Gasteiger partial charge in [-0.05, 0) is 49.5 Å². The number of thiocarbonyl (C=S) groups is 1. The van der Waals surface area contributed by atoms with Gasteiger partial charge in [0.25, 0.3) is 11.6 Å². The second kappa shape index (κ2) is 8.79. The van der Waals surface area contributed by atoms with Crippen LogP contribution < -0.4 is 15.4 Å². The third-order valence-electron chi connectivity index (χ3n) is 3.12. The summed E-state index contributed by atoms with van der Waals surface area (Å²) in [5.74, 6) is -0.0178. The van der Waals surface area contributed by atoms with Crippen molar-refractivity contribution in [3.05, 3.63) is 62.1 Å². The maximum absolute atomic E-state index is 12.2. The fourth-order valence-electron chi connectivity index (χ4n) is 1.98. The number of anilines is 1. The molecule has 0 heterocycles. The molecule has 0 radical (unpaired) electrons. The lowest BCUT2D eigenvalue weighted by atomic mass is 10.2. The van der Waals surface area contributed by atoms with Crippen molar-refractivity contribution in [2.75, 3.05) is 11.9 Å². The van der Waals surface area contributed by atoms with Crippen molar-refractivity contribution >= 4 is 57.8 Å². The van der Waals surface area contributed by atoms with E-state index in [1.807, 2.05) is 6.92 Å². The Hall–Kier alpha value is -2.42. The second-order valence-corrected chi connectivity index (χ2v) is 6.13. The van der Waals surface area contributed by atoms with E-state index in [0.717, 1.165) is 0 Å². The van der Waals surface area contributed by atoms with Crippen molar-refractivity contribution in [1.29, 1.82) is 0 Å². The molecule has 136 valence electrons. The number of nitro benzene ring substituents is 1. The quantitative estimate of drug-likeness (QED) is 0.427. The molecule has 26 heavy (non-hydrogen) atoms. The first kappa shape index (κ1) is 19.9. The van der Waals surface area contributed by atoms with Crippen LogP contribution in [-0.2, 0) is 0 Å². The van der Waals surface area contributed by atoms with Gasteiger partial charge in [0.1, 0.15) is 10.8 Å². The zero-order valence-corrected chi connectivity index (χ0v) is 15.7. The van der Waals surface area contributed by atoms with Gasteiger partial charge in [0.2, 0.25) is 0 Å². The normalized spacial score (nSPS) is 10.1. The van der Waals surface area contributed by atoms with Crippen LogP contribution in [0.2, 0.25) is 10.0 Å². The summed E-state index contributed by atoms with van der Waals surface area (Å²) in [6.45, 7) is 2.27. The van der Waals surface area contributed by atoms with Gasteiger partial charge >= 0.3 is 0 Å². The van der Waals surface area contributed by atoms with E-state index in [9.17, 15) is 14.9 Å². The van der Waals surface area contributed by atoms with Gasteiger partial charge in [0, 0.05) is 17.3 Å². The average molecular weight is 414 g/mol. The topological polar surface area (TPSA) is 93.5 Å². The molecule has 0 aliphatic heterocycles. The number of carbonyl (C=O) groups excluding carboxylic acids is 1. The fourth-order valence-corrected chi connectivity index (χ4v) is 2.61. The predicted octanol–water partition coefficient (Wildman–Crippen LogP) is 4.43. The average Bonchev–Trinajstić information content (AvgIpc) is 2.58. The molecule has 0 aromatic heterocycles. The fraction of sp³-hybridized carbons (Fsp3) is 0.125. The summed E-state index contributed by atoms with van der Waals surface area (Å²) in [6.07, 6.45) is 0. The molecule has 0 aliphatic carbocycles. The number of rotatable bonds is 5. The van der Waals surface area contributed by atoms with Gasteiger partial charge in [-0.1, -0.05) is 23.2 Å². The van der Waals surface area contributed by atoms with Gasteiger partial charge in [-0.25, -0.2) is 0 Å². The molecule has 0 saturated carbocycles. The van der Waals surface area contributed by atoms with Gasteiger partial charge in [0.05, 0.1) is 16.6 Å². The van der Waals surface area contributed by atoms with Crippen LogP contribution in [0.5, 0.6) is 5.75 Å². The van der Waals surface area contributed by atoms with Crippen LogP contribution >= 0.6 is 35.4 Å². The minimum Gasteiger partial charge on any atom is -0.492 e. The van der Waals surface area contributed by atoms with Crippen LogP contribution in [0, 0.1) is 10.1 Å². The van der Waals surface area contributed by atoms with E-state index >= 15 is 0 Å². The third kappa shape index (κ3) is 5.04. The van der Waals surface area contributed by atoms with E-state index in [0.29, 0.717) is 23.1 Å². The van der Waals surface area contributed by atoms with E-state index < -0.39 is 10.8 Å². The van der Waals surface area contributed by atoms with Gasteiger partial charge in [-0.15, -0.1) is 0 Å². The highest BCUT2D eigenvalue weighted by molar-refractivity contribution is 7.80. The number of nitro groups is 1. The first-order valence-corrected chi connectivity index (χ1v) is 8.47. The number of carbonyl (C=O) groups is 1. The third-order valence-corrected chi connectivity index (χ3v) is 3.94. The van der Waals surface area contributed by atoms with Crippen LogP contribution in [-0.4, -0.2) is 22.5 Å². The molecule has 2 N–H and O–H groups in total. The van der Waals surface area contributed by atoms with Crippen molar-refractivity contribution in [1.82, 2.24) is 5.32 Å². The minimum atomic E-state index is -0.614. The molecular formula is C16H13Cl2N3O4S. The first-order valence-electron chi connectivity index (χ1n) is 7.30. The van der Waals surface area contributed by atoms with E-state index in [2.05, 4.69) is 10.6 Å². The number of amides is 1. The predicted molar refractivity (Wildman–Crippen MR) is 104 cm³/mol. The summed E-state index contributed by atoms with van der Waals surface area (Å²) >= 11 is 16.8. The van der Waals surface area contributed by atoms with Crippen molar-refractivity contribution < 1.29 is 14.5 Å². The van der Waals surface area contributed by atoms with Gasteiger partial charge in [0.15, 0.2) is 5.11 Å². The number of benzene rings is 2. The lowest BCUT2D eigenvalue weighted by Crippen LogP contribution is -2.34. The zero-order chi connectivity index (χ0) is 19.3. The zero-order valence-electron chi connectivity index (χ0n) is 13.4. The summed E-state index contributed by atoms with van der Waals surface area (Å²) < 4.78 is 5.30. The molecule has 0 aliphatic rings. The largest absolute Gasteiger partial charge is 0.492 e. The maximum Gasteiger partial charge on any atom is 0.289 e. The molecule has 0 bridgehead atoms. The Balaban J connectivity index is 2.06. The summed E-state index contributed by atoms with van der Waals surface area (Å²) in [7, 11) is 0. The highest BCUT2D eigenvalue weighted by atomic mass is 35.5. The molecule has 1 amide bonds. The van der Waals surface area contributed by atoms with E-state index in [4.69, 9.17) is 40.2 Å². The number of halogens is 2. The van der Waals surface area contributed by atoms with E-state index in [1.165, 1.54) is 24.3 Å². The molecule has 0 fully saturated rings. The Labute approximate surface area is 164 Å². The van der Waals surface area contributed by atoms with Crippen molar-refractivity contribution in [3.63, 3.8) is 0 Å². The molecule has 0 saturated heterocycles. The van der Waals surface area contributed by atoms with Crippen LogP contribution in [0.4, 0.5) is 11.4 Å². The number of hydrogen-bond acceptors (Lipinski definition) is 5. The number of nitrogens with zero attached hydrogens (tertiary/aromatic N) is 1. The minimum absolute atomic E-state index is 0.000432. The smallest absolute Gasteiger partial charge is 0.289 e. The summed E-state index contributed by atoms with van der Waals surface area (Å²) in [6, 6.07) is 8.66. The molecule has 10 heteroatoms. The number of ether oxygens (including phenoxy) is 1. The first-order chi connectivity index (χ1) is 12.3. The second-order valence-electron chi connectivity index (χ2n) is 4.91. The molecule has 0 spiro atoms. The van der Waals surface area contributed by atoms with E-state index in [-0.39, 0.29) is 21.4 Å². The Morgan fingerprint density at radius 3 is 2.58 bits per heavy atom. The van der Waals surface area contributed by atoms with Crippen LogP contribution in [0.3, 0.4) is 0 Å². The van der Waals surface area contributed by atoms with E-state index in [1.54, 1.807) is 12.1 Å². The van der Waals surface area contributed by atoms with Crippen LogP contribution in [0.15, 0.2) is 36.4 Å². The standard InChI is InChI=1S/C16H13Cl2N3O4S/c1-2-25-14-6-3-9(7-12(14)18)15(22)20-16(26)19-10-4-5-11(17)13(8-10)21(23)24/h3-8H,2H2,1H3,(H2,19,20,22,26). The summed E-state index contributed by atoms with van der Waals surface area (Å²) in [4.78, 5) is 22.5. The highest BCUT2D eigenvalue weighted by Gasteiger charge is 2.15. The number of hydrogen-bond donors (Lipinski definition) is 2. The van der Waals surface area contributed by atoms with Crippen molar-refractivity contribution in [3.8, 4) is 5.75 Å². The molecule has 0 atom stereocenters. The summed E-state index contributed by atoms with van der Waals surface area (Å²) in [5, 5.41) is 16.3. The molecule has 0 unspecified atom stereocenters. The Bertz CT molecular complexity index is 877. The molecule has 7 nitrogen and oxygen atoms in total. The lowest BCUT2D eigenvalue weighted by Gasteiger charge is -2.11. The summed E-state index contributed by atoms with van der Waals surface area (Å²) in [5.41, 5.74) is 0.324. The molecule has 2 aromatic rings. The van der Waals surface area contributed by atoms with Gasteiger partial charge < -0.3 is 10.1 Å². The SMILES string of the molecule is CCOc1ccc(C(=O)NC(=S)Nc2ccc(Cl)c([N+](=O)[O-])c2)cc1Cl. The monoisotopic (exact) mass is 413 g/mol. The van der Waals surface area contributed by atoms with Crippen molar-refractivity contribution in [2.24, 2.45) is 0 Å².